The summed E-state index contributed by atoms with van der Waals surface area (Å²) in [5.74, 6) is 0.586. The van der Waals surface area contributed by atoms with Gasteiger partial charge in [0, 0.05) is 18.7 Å². The van der Waals surface area contributed by atoms with E-state index in [1.807, 2.05) is 50.8 Å². The highest BCUT2D eigenvalue weighted by molar-refractivity contribution is 6.62. The minimum atomic E-state index is -0.419. The molecule has 1 aromatic rings. The van der Waals surface area contributed by atoms with Crippen LogP contribution in [0.2, 0.25) is 0 Å². The van der Waals surface area contributed by atoms with Gasteiger partial charge in [0.25, 0.3) is 5.91 Å². The van der Waals surface area contributed by atoms with Crippen molar-refractivity contribution in [2.45, 2.75) is 59.3 Å². The zero-order valence-corrected chi connectivity index (χ0v) is 15.0. The molecule has 2 heterocycles. The third-order valence-corrected chi connectivity index (χ3v) is 5.12. The number of hydrogen-bond donors (Lipinski definition) is 0. The largest absolute Gasteiger partial charge is 0.494 e. The number of rotatable bonds is 3. The fourth-order valence-electron chi connectivity index (χ4n) is 3.09. The van der Waals surface area contributed by atoms with Crippen LogP contribution in [0.1, 0.15) is 57.5 Å². The van der Waals surface area contributed by atoms with Crippen LogP contribution in [0.5, 0.6) is 0 Å². The molecule has 2 aliphatic heterocycles. The molecule has 124 valence electrons. The fourth-order valence-corrected chi connectivity index (χ4v) is 3.09. The van der Waals surface area contributed by atoms with E-state index in [2.05, 4.69) is 13.8 Å². The standard InChI is InChI=1S/C18H26BNO3/c1-12(2)10-20-11-13-7-8-14(9-15(13)16(20)21)19-22-17(3,4)18(5,6)23-19/h7-9,12H,10-11H2,1-6H3. The number of hydrogen-bond acceptors (Lipinski definition) is 3. The molecule has 5 heteroatoms. The molecule has 4 nitrogen and oxygen atoms in total. The summed E-state index contributed by atoms with van der Waals surface area (Å²) in [5, 5.41) is 0. The molecule has 1 fully saturated rings. The summed E-state index contributed by atoms with van der Waals surface area (Å²) in [6.45, 7) is 13.9. The van der Waals surface area contributed by atoms with Crippen molar-refractivity contribution in [1.29, 1.82) is 0 Å². The molecule has 0 saturated carbocycles. The molecule has 1 aromatic carbocycles. The summed E-state index contributed by atoms with van der Waals surface area (Å²) in [5.41, 5.74) is 2.06. The first kappa shape index (κ1) is 16.5. The van der Waals surface area contributed by atoms with Crippen molar-refractivity contribution in [2.75, 3.05) is 6.54 Å². The van der Waals surface area contributed by atoms with Crippen LogP contribution in [0.25, 0.3) is 0 Å². The maximum Gasteiger partial charge on any atom is 0.494 e. The lowest BCUT2D eigenvalue weighted by Gasteiger charge is -2.32. The molecule has 23 heavy (non-hydrogen) atoms. The maximum absolute atomic E-state index is 12.6. The Balaban J connectivity index is 1.85. The van der Waals surface area contributed by atoms with Crippen molar-refractivity contribution in [3.05, 3.63) is 29.3 Å². The van der Waals surface area contributed by atoms with Crippen LogP contribution >= 0.6 is 0 Å². The van der Waals surface area contributed by atoms with E-state index in [-0.39, 0.29) is 17.1 Å². The lowest BCUT2D eigenvalue weighted by molar-refractivity contribution is 0.00578. The van der Waals surface area contributed by atoms with Gasteiger partial charge in [-0.05, 0) is 50.7 Å². The van der Waals surface area contributed by atoms with E-state index in [1.165, 1.54) is 0 Å². The van der Waals surface area contributed by atoms with Gasteiger partial charge in [0.15, 0.2) is 0 Å². The van der Waals surface area contributed by atoms with E-state index in [0.717, 1.165) is 23.1 Å². The molecule has 0 radical (unpaired) electrons. The van der Waals surface area contributed by atoms with Crippen LogP contribution in [0.4, 0.5) is 0 Å². The van der Waals surface area contributed by atoms with Gasteiger partial charge in [-0.25, -0.2) is 0 Å². The molecule has 2 aliphatic rings. The summed E-state index contributed by atoms with van der Waals surface area (Å²) in [4.78, 5) is 14.5. The molecule has 1 amide bonds. The molecule has 1 saturated heterocycles. The van der Waals surface area contributed by atoms with Crippen LogP contribution in [-0.4, -0.2) is 35.7 Å². The van der Waals surface area contributed by atoms with E-state index in [4.69, 9.17) is 9.31 Å². The number of nitrogens with zero attached hydrogens (tertiary/aromatic N) is 1. The van der Waals surface area contributed by atoms with Crippen LogP contribution in [-0.2, 0) is 15.9 Å². The summed E-state index contributed by atoms with van der Waals surface area (Å²) < 4.78 is 12.2. The lowest BCUT2D eigenvalue weighted by atomic mass is 9.78. The smallest absolute Gasteiger partial charge is 0.399 e. The molecule has 0 atom stereocenters. The highest BCUT2D eigenvalue weighted by Gasteiger charge is 2.51. The van der Waals surface area contributed by atoms with Crippen molar-refractivity contribution in [1.82, 2.24) is 4.90 Å². The first-order chi connectivity index (χ1) is 10.6. The highest BCUT2D eigenvalue weighted by atomic mass is 16.7. The Morgan fingerprint density at radius 3 is 2.35 bits per heavy atom. The number of carbonyl (C=O) groups excluding carboxylic acids is 1. The highest BCUT2D eigenvalue weighted by Crippen LogP contribution is 2.36. The van der Waals surface area contributed by atoms with Crippen molar-refractivity contribution >= 4 is 18.5 Å². The van der Waals surface area contributed by atoms with Crippen molar-refractivity contribution in [3.8, 4) is 0 Å². The minimum absolute atomic E-state index is 0.118. The summed E-state index contributed by atoms with van der Waals surface area (Å²) >= 11 is 0. The van der Waals surface area contributed by atoms with Crippen LogP contribution < -0.4 is 5.46 Å². The van der Waals surface area contributed by atoms with Crippen molar-refractivity contribution in [2.24, 2.45) is 5.92 Å². The van der Waals surface area contributed by atoms with Crippen LogP contribution in [0.15, 0.2) is 18.2 Å². The van der Waals surface area contributed by atoms with Gasteiger partial charge in [-0.1, -0.05) is 26.0 Å². The van der Waals surface area contributed by atoms with Crippen LogP contribution in [0.3, 0.4) is 0 Å². The Kier molecular flexibility index (Phi) is 3.85. The van der Waals surface area contributed by atoms with E-state index < -0.39 is 7.12 Å². The molecule has 3 rings (SSSR count). The average molecular weight is 315 g/mol. The number of amides is 1. The van der Waals surface area contributed by atoms with Crippen LogP contribution in [0, 0.1) is 5.92 Å². The van der Waals surface area contributed by atoms with Gasteiger partial charge in [-0.3, -0.25) is 4.79 Å². The molecule has 0 N–H and O–H groups in total. The van der Waals surface area contributed by atoms with Gasteiger partial charge < -0.3 is 14.2 Å². The number of fused-ring (bicyclic) bond motifs is 1. The monoisotopic (exact) mass is 315 g/mol. The zero-order valence-electron chi connectivity index (χ0n) is 15.0. The average Bonchev–Trinajstić information content (AvgIpc) is 2.84. The second kappa shape index (κ2) is 5.35. The van der Waals surface area contributed by atoms with Gasteiger partial charge >= 0.3 is 7.12 Å². The molecular formula is C18H26BNO3. The van der Waals surface area contributed by atoms with E-state index in [0.29, 0.717) is 12.5 Å². The van der Waals surface area contributed by atoms with E-state index in [1.54, 1.807) is 0 Å². The van der Waals surface area contributed by atoms with Gasteiger partial charge in [0.2, 0.25) is 0 Å². The Morgan fingerprint density at radius 1 is 1.17 bits per heavy atom. The van der Waals surface area contributed by atoms with Gasteiger partial charge in [-0.2, -0.15) is 0 Å². The fraction of sp³-hybridized carbons (Fsp3) is 0.611. The zero-order chi connectivity index (χ0) is 17.0. The quantitative estimate of drug-likeness (QED) is 0.805. The second-order valence-corrected chi connectivity index (χ2v) is 8.08. The van der Waals surface area contributed by atoms with E-state index >= 15 is 0 Å². The SMILES string of the molecule is CC(C)CN1Cc2ccc(B3OC(C)(C)C(C)(C)O3)cc2C1=O. The first-order valence-electron chi connectivity index (χ1n) is 8.38. The molecule has 0 aromatic heterocycles. The molecule has 0 aliphatic carbocycles. The Morgan fingerprint density at radius 2 is 1.78 bits per heavy atom. The summed E-state index contributed by atoms with van der Waals surface area (Å²) in [7, 11) is -0.419. The Hall–Kier alpha value is -1.33. The third-order valence-electron chi connectivity index (χ3n) is 5.12. The molecule has 0 bridgehead atoms. The molecule has 0 spiro atoms. The maximum atomic E-state index is 12.6. The Bertz CT molecular complexity index is 623. The predicted octanol–water partition coefficient (Wildman–Crippen LogP) is 2.60. The number of carbonyl (C=O) groups is 1. The second-order valence-electron chi connectivity index (χ2n) is 8.08. The van der Waals surface area contributed by atoms with Crippen molar-refractivity contribution < 1.29 is 14.1 Å². The van der Waals surface area contributed by atoms with Gasteiger partial charge in [-0.15, -0.1) is 0 Å². The predicted molar refractivity (Wildman–Crippen MR) is 91.7 cm³/mol. The molecular weight excluding hydrogens is 289 g/mol. The third kappa shape index (κ3) is 2.81. The van der Waals surface area contributed by atoms with Crippen molar-refractivity contribution in [3.63, 3.8) is 0 Å². The first-order valence-corrected chi connectivity index (χ1v) is 8.38. The van der Waals surface area contributed by atoms with Gasteiger partial charge in [0.05, 0.1) is 11.2 Å². The summed E-state index contributed by atoms with van der Waals surface area (Å²) in [6.07, 6.45) is 0. The molecule has 0 unspecified atom stereocenters. The van der Waals surface area contributed by atoms with Gasteiger partial charge in [0.1, 0.15) is 0 Å². The number of benzene rings is 1. The normalized spacial score (nSPS) is 22.1. The topological polar surface area (TPSA) is 38.8 Å². The summed E-state index contributed by atoms with van der Waals surface area (Å²) in [6, 6.07) is 6.00. The minimum Gasteiger partial charge on any atom is -0.399 e. The van der Waals surface area contributed by atoms with E-state index in [9.17, 15) is 4.79 Å². The lowest BCUT2D eigenvalue weighted by Crippen LogP contribution is -2.41. The Labute approximate surface area is 139 Å².